The molecule has 8 aromatic rings. The van der Waals surface area contributed by atoms with Gasteiger partial charge in [-0.1, -0.05) is 74.6 Å². The summed E-state index contributed by atoms with van der Waals surface area (Å²) < 4.78 is 17.3. The third-order valence-electron chi connectivity index (χ3n) is 13.5. The van der Waals surface area contributed by atoms with Crippen LogP contribution in [-0.2, 0) is 14.3 Å². The zero-order valence-electron chi connectivity index (χ0n) is 42.4. The van der Waals surface area contributed by atoms with Crippen LogP contribution in [0.15, 0.2) is 97.3 Å². The molecule has 2 fully saturated rings. The Morgan fingerprint density at radius 3 is 1.33 bits per heavy atom. The van der Waals surface area contributed by atoms with Crippen molar-refractivity contribution in [1.82, 2.24) is 39.2 Å². The van der Waals surface area contributed by atoms with E-state index in [4.69, 9.17) is 29.3 Å². The summed E-state index contributed by atoms with van der Waals surface area (Å²) in [6.45, 7) is 22.9. The Bertz CT molecular complexity index is 2840. The molecule has 4 aromatic heterocycles. The van der Waals surface area contributed by atoms with Gasteiger partial charge in [0, 0.05) is 85.3 Å². The van der Waals surface area contributed by atoms with Crippen molar-refractivity contribution in [2.24, 2.45) is 0 Å². The molecular formula is C55H68N10O6S2. The Balaban J connectivity index is 0.000000185. The number of aromatic nitrogens is 4. The van der Waals surface area contributed by atoms with Crippen LogP contribution in [0, 0.1) is 0 Å². The standard InChI is InChI=1S/2C27H33N5O2S.CH2O2/c2*1-3-30(4-2)13-5-12-28-26(33)21-8-11-24-25(18-21)35-27-29-23(19-32(24)27)20-6-9-22(10-7-20)31-14-16-34-17-15-31;2-1-3/h2*6-11,18-19H,3-5,12-17H2,1-2H3,(H,28,33);1H,(H,2,3). The Morgan fingerprint density at radius 1 is 0.603 bits per heavy atom. The molecule has 6 heterocycles. The van der Waals surface area contributed by atoms with E-state index in [1.807, 2.05) is 36.4 Å². The molecule has 0 aliphatic carbocycles. The van der Waals surface area contributed by atoms with Crippen molar-refractivity contribution in [1.29, 1.82) is 0 Å². The summed E-state index contributed by atoms with van der Waals surface area (Å²) in [6, 6.07) is 29.0. The number of carbonyl (C=O) groups excluding carboxylic acids is 2. The maximum Gasteiger partial charge on any atom is 0.290 e. The van der Waals surface area contributed by atoms with E-state index in [-0.39, 0.29) is 18.3 Å². The van der Waals surface area contributed by atoms with Gasteiger partial charge in [-0.15, -0.1) is 0 Å². The Labute approximate surface area is 435 Å². The summed E-state index contributed by atoms with van der Waals surface area (Å²) in [7, 11) is 0. The first-order chi connectivity index (χ1) is 35.7. The minimum absolute atomic E-state index is 0.0152. The van der Waals surface area contributed by atoms with Gasteiger partial charge in [0.25, 0.3) is 18.3 Å². The number of rotatable bonds is 18. The maximum absolute atomic E-state index is 12.7. The number of benzene rings is 4. The molecule has 2 aliphatic rings. The van der Waals surface area contributed by atoms with E-state index in [2.05, 4.69) is 128 Å². The molecule has 0 spiro atoms. The lowest BCUT2D eigenvalue weighted by Crippen LogP contribution is -2.36. The van der Waals surface area contributed by atoms with Gasteiger partial charge in [-0.2, -0.15) is 0 Å². The second-order valence-corrected chi connectivity index (χ2v) is 19.8. The monoisotopic (exact) mass is 1030 g/mol. The predicted octanol–water partition coefficient (Wildman–Crippen LogP) is 8.73. The number of carboxylic acid groups (broad SMARTS) is 1. The highest BCUT2D eigenvalue weighted by molar-refractivity contribution is 7.24. The summed E-state index contributed by atoms with van der Waals surface area (Å²) in [5, 5.41) is 13.0. The Hall–Kier alpha value is -6.41. The first-order valence-corrected chi connectivity index (χ1v) is 27.2. The van der Waals surface area contributed by atoms with E-state index < -0.39 is 0 Å². The molecule has 0 atom stereocenters. The van der Waals surface area contributed by atoms with Crippen molar-refractivity contribution in [2.75, 3.05) is 115 Å². The first kappa shape index (κ1) is 52.9. The van der Waals surface area contributed by atoms with Gasteiger partial charge in [-0.05, 0) is 113 Å². The van der Waals surface area contributed by atoms with E-state index in [0.717, 1.165) is 158 Å². The molecular weight excluding hydrogens is 961 g/mol. The van der Waals surface area contributed by atoms with Crippen molar-refractivity contribution < 1.29 is 29.0 Å². The zero-order valence-corrected chi connectivity index (χ0v) is 44.1. The normalized spacial score (nSPS) is 13.9. The topological polar surface area (TPSA) is 162 Å². The van der Waals surface area contributed by atoms with Crippen LogP contribution in [0.5, 0.6) is 0 Å². The number of morpholine rings is 2. The minimum Gasteiger partial charge on any atom is -0.483 e. The fraction of sp³-hybridized carbons (Fsp3) is 0.400. The molecule has 4 aromatic carbocycles. The fourth-order valence-electron chi connectivity index (χ4n) is 9.18. The van der Waals surface area contributed by atoms with Crippen LogP contribution in [-0.4, -0.2) is 157 Å². The molecule has 0 radical (unpaired) electrons. The van der Waals surface area contributed by atoms with E-state index >= 15 is 0 Å². The molecule has 73 heavy (non-hydrogen) atoms. The number of amides is 2. The molecule has 2 amide bonds. The molecule has 386 valence electrons. The Kier molecular flexibility index (Phi) is 18.8. The van der Waals surface area contributed by atoms with Gasteiger partial charge in [0.15, 0.2) is 9.92 Å². The molecule has 2 aliphatic heterocycles. The smallest absolute Gasteiger partial charge is 0.290 e. The third kappa shape index (κ3) is 13.2. The number of imidazole rings is 2. The summed E-state index contributed by atoms with van der Waals surface area (Å²) in [5.74, 6) is -0.0305. The highest BCUT2D eigenvalue weighted by atomic mass is 32.1. The van der Waals surface area contributed by atoms with Gasteiger partial charge < -0.3 is 44.8 Å². The van der Waals surface area contributed by atoms with Gasteiger partial charge in [0.2, 0.25) is 0 Å². The highest BCUT2D eigenvalue weighted by Crippen LogP contribution is 2.33. The van der Waals surface area contributed by atoms with Gasteiger partial charge in [-0.3, -0.25) is 23.2 Å². The van der Waals surface area contributed by atoms with Gasteiger partial charge >= 0.3 is 0 Å². The number of fused-ring (bicyclic) bond motifs is 6. The van der Waals surface area contributed by atoms with E-state index in [0.29, 0.717) is 24.2 Å². The number of hydrogen-bond donors (Lipinski definition) is 3. The number of nitrogens with zero attached hydrogens (tertiary/aromatic N) is 8. The average molecular weight is 1030 g/mol. The number of nitrogens with one attached hydrogen (secondary N) is 2. The van der Waals surface area contributed by atoms with Crippen molar-refractivity contribution in [2.45, 2.75) is 40.5 Å². The fourth-order valence-corrected chi connectivity index (χ4v) is 11.3. The van der Waals surface area contributed by atoms with Crippen LogP contribution in [0.2, 0.25) is 0 Å². The van der Waals surface area contributed by atoms with Crippen LogP contribution in [0.3, 0.4) is 0 Å². The van der Waals surface area contributed by atoms with Crippen molar-refractivity contribution in [3.63, 3.8) is 0 Å². The summed E-state index contributed by atoms with van der Waals surface area (Å²) in [5.41, 5.74) is 10.1. The molecule has 2 saturated heterocycles. The number of thiazole rings is 2. The van der Waals surface area contributed by atoms with Gasteiger partial charge in [0.05, 0.1) is 58.2 Å². The van der Waals surface area contributed by atoms with E-state index in [1.165, 1.54) is 11.4 Å². The minimum atomic E-state index is -0.250. The van der Waals surface area contributed by atoms with Crippen LogP contribution < -0.4 is 20.4 Å². The van der Waals surface area contributed by atoms with Gasteiger partial charge in [-0.25, -0.2) is 9.97 Å². The van der Waals surface area contributed by atoms with Crippen LogP contribution in [0.4, 0.5) is 11.4 Å². The van der Waals surface area contributed by atoms with Crippen LogP contribution >= 0.6 is 22.7 Å². The van der Waals surface area contributed by atoms with Crippen molar-refractivity contribution in [3.05, 3.63) is 108 Å². The molecule has 3 N–H and O–H groups in total. The Morgan fingerprint density at radius 2 is 0.973 bits per heavy atom. The second-order valence-electron chi connectivity index (χ2n) is 17.8. The third-order valence-corrected chi connectivity index (χ3v) is 15.5. The zero-order chi connectivity index (χ0) is 51.1. The number of anilines is 2. The molecule has 0 bridgehead atoms. The molecule has 18 heteroatoms. The molecule has 10 rings (SSSR count). The number of carbonyl (C=O) groups is 3. The average Bonchev–Trinajstić information content (AvgIpc) is 4.22. The summed E-state index contributed by atoms with van der Waals surface area (Å²) in [4.78, 5) is 54.7. The SMILES string of the molecule is CCN(CC)CCCNC(=O)c1ccc2c(c1)sc1nc(-c3ccc(N4CCOCC4)cc3)cn12.CCN(CC)CCCNC(=O)c1ccc2c(c1)sc1nc(-c3ccc(N4CCOCC4)cc3)cn12.O=CO. The molecule has 16 nitrogen and oxygen atoms in total. The number of hydrogen-bond acceptors (Lipinski definition) is 13. The van der Waals surface area contributed by atoms with E-state index in [1.54, 1.807) is 22.7 Å². The second kappa shape index (κ2) is 26.0. The lowest BCUT2D eigenvalue weighted by Gasteiger charge is -2.28. The van der Waals surface area contributed by atoms with Crippen molar-refractivity contribution >= 4 is 82.7 Å². The largest absolute Gasteiger partial charge is 0.483 e. The lowest BCUT2D eigenvalue weighted by molar-refractivity contribution is -0.122. The van der Waals surface area contributed by atoms with Crippen LogP contribution in [0.1, 0.15) is 61.3 Å². The summed E-state index contributed by atoms with van der Waals surface area (Å²) >= 11 is 3.23. The van der Waals surface area contributed by atoms with Crippen LogP contribution in [0.25, 0.3) is 52.9 Å². The van der Waals surface area contributed by atoms with Crippen molar-refractivity contribution in [3.8, 4) is 22.5 Å². The van der Waals surface area contributed by atoms with Gasteiger partial charge in [0.1, 0.15) is 0 Å². The highest BCUT2D eigenvalue weighted by Gasteiger charge is 2.18. The predicted molar refractivity (Wildman–Crippen MR) is 296 cm³/mol. The maximum atomic E-state index is 12.7. The molecule has 0 unspecified atom stereocenters. The lowest BCUT2D eigenvalue weighted by atomic mass is 10.1. The summed E-state index contributed by atoms with van der Waals surface area (Å²) in [6.07, 6.45) is 6.09. The molecule has 0 saturated carbocycles. The van der Waals surface area contributed by atoms with E-state index in [9.17, 15) is 9.59 Å². The quantitative estimate of drug-likeness (QED) is 0.0555. The number of ether oxygens (including phenoxy) is 2. The first-order valence-electron chi connectivity index (χ1n) is 25.5.